The van der Waals surface area contributed by atoms with Crippen LogP contribution >= 0.6 is 23.2 Å². The van der Waals surface area contributed by atoms with E-state index in [9.17, 15) is 18.4 Å². The van der Waals surface area contributed by atoms with Crippen LogP contribution in [0.5, 0.6) is 0 Å². The topological polar surface area (TPSA) is 49.4 Å². The van der Waals surface area contributed by atoms with Gasteiger partial charge in [-0.3, -0.25) is 9.69 Å². The van der Waals surface area contributed by atoms with Crippen LogP contribution in [-0.4, -0.2) is 27.7 Å². The molecule has 22 heavy (non-hydrogen) atoms. The monoisotopic (exact) mass is 348 g/mol. The van der Waals surface area contributed by atoms with Gasteiger partial charge >= 0.3 is 6.03 Å². The molecule has 3 rings (SSSR count). The number of carbonyl (C=O) groups is 2. The SMILES string of the molecule is C[C@@]1(c2cc(F)ccc2F)NC(=O)N(C[C@H]2CC2(Cl)Cl)C1=O. The van der Waals surface area contributed by atoms with Crippen molar-refractivity contribution in [3.63, 3.8) is 0 Å². The molecular formula is C14H12Cl2F2N2O2. The van der Waals surface area contributed by atoms with Crippen LogP contribution in [0.15, 0.2) is 18.2 Å². The zero-order valence-electron chi connectivity index (χ0n) is 11.5. The van der Waals surface area contributed by atoms with E-state index in [-0.39, 0.29) is 18.0 Å². The van der Waals surface area contributed by atoms with Crippen LogP contribution in [0, 0.1) is 17.6 Å². The number of urea groups is 1. The first-order valence-electron chi connectivity index (χ1n) is 6.62. The molecule has 8 heteroatoms. The van der Waals surface area contributed by atoms with Gasteiger partial charge in [0.1, 0.15) is 21.5 Å². The van der Waals surface area contributed by atoms with E-state index in [4.69, 9.17) is 23.2 Å². The second-order valence-electron chi connectivity index (χ2n) is 5.76. The number of imide groups is 1. The first-order chi connectivity index (χ1) is 10.1. The predicted molar refractivity (Wildman–Crippen MR) is 76.5 cm³/mol. The molecule has 3 amide bonds. The normalized spacial score (nSPS) is 29.7. The highest BCUT2D eigenvalue weighted by atomic mass is 35.5. The summed E-state index contributed by atoms with van der Waals surface area (Å²) in [6, 6.07) is 2.09. The highest BCUT2D eigenvalue weighted by Gasteiger charge is 2.57. The minimum atomic E-state index is -1.65. The van der Waals surface area contributed by atoms with Crippen molar-refractivity contribution >= 4 is 35.1 Å². The molecule has 1 aromatic rings. The van der Waals surface area contributed by atoms with Crippen LogP contribution in [0.3, 0.4) is 0 Å². The average molecular weight is 349 g/mol. The second-order valence-corrected chi connectivity index (χ2v) is 7.30. The van der Waals surface area contributed by atoms with Crippen molar-refractivity contribution in [3.8, 4) is 0 Å². The molecule has 2 fully saturated rings. The Morgan fingerprint density at radius 1 is 1.36 bits per heavy atom. The van der Waals surface area contributed by atoms with Crippen molar-refractivity contribution in [1.82, 2.24) is 10.2 Å². The van der Waals surface area contributed by atoms with Crippen LogP contribution < -0.4 is 5.32 Å². The highest BCUT2D eigenvalue weighted by molar-refractivity contribution is 6.50. The quantitative estimate of drug-likeness (QED) is 0.674. The van der Waals surface area contributed by atoms with Crippen molar-refractivity contribution in [2.24, 2.45) is 5.92 Å². The molecule has 118 valence electrons. The lowest BCUT2D eigenvalue weighted by atomic mass is 9.91. The maximum absolute atomic E-state index is 14.0. The molecule has 4 nitrogen and oxygen atoms in total. The Kier molecular flexibility index (Phi) is 3.38. The maximum atomic E-state index is 14.0. The van der Waals surface area contributed by atoms with Gasteiger partial charge in [-0.1, -0.05) is 0 Å². The fourth-order valence-electron chi connectivity index (χ4n) is 2.61. The van der Waals surface area contributed by atoms with Gasteiger partial charge in [-0.15, -0.1) is 23.2 Å². The van der Waals surface area contributed by atoms with Crippen molar-refractivity contribution < 1.29 is 18.4 Å². The molecule has 1 aliphatic heterocycles. The van der Waals surface area contributed by atoms with E-state index in [0.717, 1.165) is 23.1 Å². The largest absolute Gasteiger partial charge is 0.325 e. The van der Waals surface area contributed by atoms with Gasteiger partial charge in [-0.05, 0) is 31.5 Å². The smallest absolute Gasteiger partial charge is 0.319 e. The minimum Gasteiger partial charge on any atom is -0.319 e. The van der Waals surface area contributed by atoms with Gasteiger partial charge in [0, 0.05) is 18.0 Å². The lowest BCUT2D eigenvalue weighted by molar-refractivity contribution is -0.131. The van der Waals surface area contributed by atoms with E-state index < -0.39 is 33.4 Å². The Labute approximate surface area is 135 Å². The lowest BCUT2D eigenvalue weighted by Gasteiger charge is -2.23. The molecule has 1 aliphatic carbocycles. The van der Waals surface area contributed by atoms with E-state index in [1.807, 2.05) is 0 Å². The number of amides is 3. The standard InChI is InChI=1S/C14H12Cl2F2N2O2/c1-13(9-4-8(17)2-3-10(9)18)11(21)20(12(22)19-13)6-7-5-14(7,15)16/h2-4,7H,5-6H2,1H3,(H,19,22)/t7-,13+/m1/s1. The Bertz CT molecular complexity index is 683. The number of carbonyl (C=O) groups excluding carboxylic acids is 2. The number of hydrogen-bond acceptors (Lipinski definition) is 2. The molecule has 1 saturated carbocycles. The summed E-state index contributed by atoms with van der Waals surface area (Å²) in [6.45, 7) is 1.39. The van der Waals surface area contributed by atoms with Crippen LogP contribution in [0.4, 0.5) is 13.6 Å². The van der Waals surface area contributed by atoms with Crippen molar-refractivity contribution in [2.75, 3.05) is 6.54 Å². The maximum Gasteiger partial charge on any atom is 0.325 e. The minimum absolute atomic E-state index is 0.0458. The van der Waals surface area contributed by atoms with Crippen LogP contribution in [-0.2, 0) is 10.3 Å². The predicted octanol–water partition coefficient (Wildman–Crippen LogP) is 2.93. The third-order valence-electron chi connectivity index (χ3n) is 4.10. The van der Waals surface area contributed by atoms with Crippen molar-refractivity contribution in [3.05, 3.63) is 35.4 Å². The van der Waals surface area contributed by atoms with Crippen LogP contribution in [0.1, 0.15) is 18.9 Å². The van der Waals surface area contributed by atoms with E-state index in [1.54, 1.807) is 0 Å². The third kappa shape index (κ3) is 2.34. The Morgan fingerprint density at radius 3 is 2.59 bits per heavy atom. The summed E-state index contributed by atoms with van der Waals surface area (Å²) < 4.78 is 26.4. The third-order valence-corrected chi connectivity index (χ3v) is 5.03. The summed E-state index contributed by atoms with van der Waals surface area (Å²) in [6.07, 6.45) is 0.470. The molecular weight excluding hydrogens is 337 g/mol. The van der Waals surface area contributed by atoms with Gasteiger partial charge in [0.25, 0.3) is 5.91 Å². The number of rotatable bonds is 3. The molecule has 1 aromatic carbocycles. The Morgan fingerprint density at radius 2 is 2.00 bits per heavy atom. The number of alkyl halides is 2. The van der Waals surface area contributed by atoms with Crippen LogP contribution in [0.2, 0.25) is 0 Å². The average Bonchev–Trinajstić information content (AvgIpc) is 2.97. The summed E-state index contributed by atoms with van der Waals surface area (Å²) in [4.78, 5) is 25.5. The molecule has 0 spiro atoms. The van der Waals surface area contributed by atoms with E-state index in [0.29, 0.717) is 6.42 Å². The summed E-state index contributed by atoms with van der Waals surface area (Å²) in [5.41, 5.74) is -1.87. The lowest BCUT2D eigenvalue weighted by Crippen LogP contribution is -2.42. The molecule has 0 bridgehead atoms. The van der Waals surface area contributed by atoms with Gasteiger partial charge in [0.2, 0.25) is 0 Å². The fraction of sp³-hybridized carbons (Fsp3) is 0.429. The molecule has 0 aromatic heterocycles. The van der Waals surface area contributed by atoms with E-state index >= 15 is 0 Å². The van der Waals surface area contributed by atoms with Gasteiger partial charge in [-0.2, -0.15) is 0 Å². The fourth-order valence-corrected chi connectivity index (χ4v) is 3.12. The molecule has 0 unspecified atom stereocenters. The van der Waals surface area contributed by atoms with Crippen molar-refractivity contribution in [2.45, 2.75) is 23.2 Å². The van der Waals surface area contributed by atoms with Crippen LogP contribution in [0.25, 0.3) is 0 Å². The molecule has 2 atom stereocenters. The number of benzene rings is 1. The zero-order chi connectivity index (χ0) is 16.3. The molecule has 1 saturated heterocycles. The zero-order valence-corrected chi connectivity index (χ0v) is 13.0. The van der Waals surface area contributed by atoms with Gasteiger partial charge in [-0.25, -0.2) is 13.6 Å². The van der Waals surface area contributed by atoms with Gasteiger partial charge in [0.15, 0.2) is 0 Å². The second kappa shape index (κ2) is 4.80. The Hall–Kier alpha value is -1.40. The van der Waals surface area contributed by atoms with Crippen molar-refractivity contribution in [1.29, 1.82) is 0 Å². The Balaban J connectivity index is 1.90. The number of hydrogen-bond donors (Lipinski definition) is 1. The molecule has 0 radical (unpaired) electrons. The highest BCUT2D eigenvalue weighted by Crippen LogP contribution is 2.53. The van der Waals surface area contributed by atoms with Gasteiger partial charge in [0.05, 0.1) is 0 Å². The first-order valence-corrected chi connectivity index (χ1v) is 7.38. The van der Waals surface area contributed by atoms with E-state index in [1.165, 1.54) is 6.92 Å². The number of nitrogens with one attached hydrogen (secondary N) is 1. The summed E-state index contributed by atoms with van der Waals surface area (Å²) in [7, 11) is 0. The summed E-state index contributed by atoms with van der Waals surface area (Å²) in [5.74, 6) is -2.33. The summed E-state index contributed by atoms with van der Waals surface area (Å²) >= 11 is 11.8. The van der Waals surface area contributed by atoms with Gasteiger partial charge < -0.3 is 5.32 Å². The van der Waals surface area contributed by atoms with E-state index in [2.05, 4.69) is 5.32 Å². The number of nitrogens with zero attached hydrogens (tertiary/aromatic N) is 1. The summed E-state index contributed by atoms with van der Waals surface area (Å²) in [5, 5.41) is 2.42. The first kappa shape index (κ1) is 15.5. The molecule has 2 aliphatic rings. The molecule has 1 N–H and O–H groups in total. The molecule has 1 heterocycles. The number of halogens is 4.